The van der Waals surface area contributed by atoms with Crippen LogP contribution in [0.4, 0.5) is 5.69 Å². The molecule has 1 heterocycles. The summed E-state index contributed by atoms with van der Waals surface area (Å²) in [5.74, 6) is -1.53. The van der Waals surface area contributed by atoms with Gasteiger partial charge in [-0.1, -0.05) is 19.6 Å². The molecule has 1 N–H and O–H groups in total. The Kier molecular flexibility index (Phi) is 4.03. The number of carboxylic acids is 1. The number of aliphatic carboxylic acids is 1. The van der Waals surface area contributed by atoms with Gasteiger partial charge in [0, 0.05) is 12.7 Å². The Morgan fingerprint density at radius 2 is 2.18 bits per heavy atom. The molecule has 1 unspecified atom stereocenters. The van der Waals surface area contributed by atoms with Gasteiger partial charge in [-0.05, 0) is 31.0 Å². The second-order valence-electron chi connectivity index (χ2n) is 5.43. The Hall–Kier alpha value is -2.63. The predicted octanol–water partition coefficient (Wildman–Crippen LogP) is 3.30. The summed E-state index contributed by atoms with van der Waals surface area (Å²) in [5.41, 5.74) is 2.70. The van der Waals surface area contributed by atoms with E-state index in [9.17, 15) is 14.9 Å². The minimum atomic E-state index is -0.918. The molecular weight excluding hydrogens is 284 g/mol. The number of carboxylic acid groups (broad SMARTS) is 1. The molecule has 0 amide bonds. The van der Waals surface area contributed by atoms with E-state index in [4.69, 9.17) is 5.11 Å². The molecule has 22 heavy (non-hydrogen) atoms. The fraction of sp³-hybridized carbons (Fsp3) is 0.312. The molecule has 1 aromatic carbocycles. The highest BCUT2D eigenvalue weighted by Gasteiger charge is 2.26. The molecule has 0 aliphatic carbocycles. The van der Waals surface area contributed by atoms with Gasteiger partial charge < -0.3 is 9.67 Å². The molecule has 1 atom stereocenters. The van der Waals surface area contributed by atoms with Crippen LogP contribution >= 0.6 is 0 Å². The normalized spacial score (nSPS) is 12.3. The first-order valence-corrected chi connectivity index (χ1v) is 6.90. The van der Waals surface area contributed by atoms with Crippen molar-refractivity contribution in [2.45, 2.75) is 20.3 Å². The lowest BCUT2D eigenvalue weighted by molar-refractivity contribution is -0.383. The molecule has 1 aromatic heterocycles. The average molecular weight is 302 g/mol. The number of nitro groups is 1. The summed E-state index contributed by atoms with van der Waals surface area (Å²) < 4.78 is 1.86. The van der Waals surface area contributed by atoms with Gasteiger partial charge in [-0.25, -0.2) is 0 Å². The van der Waals surface area contributed by atoms with Gasteiger partial charge in [0.05, 0.1) is 27.3 Å². The average Bonchev–Trinajstić information content (AvgIpc) is 2.70. The fourth-order valence-electron chi connectivity index (χ4n) is 2.74. The molecule has 6 nitrogen and oxygen atoms in total. The van der Waals surface area contributed by atoms with Crippen LogP contribution in [0.3, 0.4) is 0 Å². The van der Waals surface area contributed by atoms with Crippen molar-refractivity contribution in [3.8, 4) is 0 Å². The second kappa shape index (κ2) is 5.63. The first kappa shape index (κ1) is 15.8. The van der Waals surface area contributed by atoms with Crippen molar-refractivity contribution in [1.29, 1.82) is 0 Å². The maximum Gasteiger partial charge on any atom is 0.306 e. The Morgan fingerprint density at radius 1 is 1.55 bits per heavy atom. The van der Waals surface area contributed by atoms with Gasteiger partial charge >= 0.3 is 5.97 Å². The number of hydrogen-bond donors (Lipinski definition) is 1. The van der Waals surface area contributed by atoms with Crippen LogP contribution in [0.5, 0.6) is 0 Å². The van der Waals surface area contributed by atoms with E-state index in [1.807, 2.05) is 18.5 Å². The van der Waals surface area contributed by atoms with Gasteiger partial charge in [-0.3, -0.25) is 14.9 Å². The molecule has 0 aliphatic heterocycles. The number of aromatic nitrogens is 1. The van der Waals surface area contributed by atoms with Crippen LogP contribution < -0.4 is 0 Å². The first-order valence-electron chi connectivity index (χ1n) is 6.90. The molecule has 0 bridgehead atoms. The summed E-state index contributed by atoms with van der Waals surface area (Å²) in [4.78, 5) is 22.2. The number of carbonyl (C=O) groups is 1. The fourth-order valence-corrected chi connectivity index (χ4v) is 2.74. The third-order valence-corrected chi connectivity index (χ3v) is 4.12. The number of hydrogen-bond acceptors (Lipinski definition) is 3. The molecule has 2 aromatic rings. The second-order valence-corrected chi connectivity index (χ2v) is 5.43. The summed E-state index contributed by atoms with van der Waals surface area (Å²) in [6.45, 7) is 7.07. The van der Waals surface area contributed by atoms with Gasteiger partial charge in [-0.2, -0.15) is 0 Å². The standard InChI is InChI=1S/C16H18N2O4/c1-5-11-6-7-13-14(15(11)18(21)22)12(10(3)17(13)4)8-9(2)16(19)20/h5-7,9H,1,8H2,2-4H3,(H,19,20). The third kappa shape index (κ3) is 2.36. The number of nitro benzene ring substituents is 1. The predicted molar refractivity (Wildman–Crippen MR) is 84.9 cm³/mol. The Bertz CT molecular complexity index is 789. The monoisotopic (exact) mass is 302 g/mol. The summed E-state index contributed by atoms with van der Waals surface area (Å²) in [6, 6.07) is 3.47. The van der Waals surface area contributed by atoms with Crippen LogP contribution in [0.25, 0.3) is 17.0 Å². The van der Waals surface area contributed by atoms with Gasteiger partial charge in [-0.15, -0.1) is 0 Å². The quantitative estimate of drug-likeness (QED) is 0.678. The van der Waals surface area contributed by atoms with E-state index < -0.39 is 16.8 Å². The minimum absolute atomic E-state index is 0.0104. The number of rotatable bonds is 5. The van der Waals surface area contributed by atoms with Crippen LogP contribution in [0.1, 0.15) is 23.7 Å². The zero-order valence-corrected chi connectivity index (χ0v) is 12.8. The van der Waals surface area contributed by atoms with Crippen molar-refractivity contribution in [2.75, 3.05) is 0 Å². The highest BCUT2D eigenvalue weighted by molar-refractivity contribution is 5.97. The molecule has 0 spiro atoms. The van der Waals surface area contributed by atoms with Crippen molar-refractivity contribution in [2.24, 2.45) is 13.0 Å². The topological polar surface area (TPSA) is 85.4 Å². The largest absolute Gasteiger partial charge is 0.481 e. The maximum atomic E-state index is 11.5. The third-order valence-electron chi connectivity index (χ3n) is 4.12. The van der Waals surface area contributed by atoms with E-state index >= 15 is 0 Å². The highest BCUT2D eigenvalue weighted by Crippen LogP contribution is 2.37. The van der Waals surface area contributed by atoms with E-state index in [1.165, 1.54) is 6.08 Å². The number of nitrogens with zero attached hydrogens (tertiary/aromatic N) is 2. The summed E-state index contributed by atoms with van der Waals surface area (Å²) >= 11 is 0. The molecule has 0 radical (unpaired) electrons. The number of aryl methyl sites for hydroxylation is 1. The molecule has 2 rings (SSSR count). The van der Waals surface area contributed by atoms with E-state index in [0.717, 1.165) is 11.2 Å². The highest BCUT2D eigenvalue weighted by atomic mass is 16.6. The van der Waals surface area contributed by atoms with Crippen LogP contribution in [0.15, 0.2) is 18.7 Å². The molecule has 0 saturated heterocycles. The molecule has 0 aliphatic rings. The maximum absolute atomic E-state index is 11.5. The van der Waals surface area contributed by atoms with Crippen LogP contribution in [0.2, 0.25) is 0 Å². The van der Waals surface area contributed by atoms with Crippen molar-refractivity contribution < 1.29 is 14.8 Å². The molecule has 6 heteroatoms. The molecular formula is C16H18N2O4. The zero-order chi connectivity index (χ0) is 16.6. The Balaban J connectivity index is 2.85. The van der Waals surface area contributed by atoms with E-state index in [2.05, 4.69) is 6.58 Å². The summed E-state index contributed by atoms with van der Waals surface area (Å²) in [7, 11) is 1.82. The van der Waals surface area contributed by atoms with Crippen molar-refractivity contribution in [3.63, 3.8) is 0 Å². The van der Waals surface area contributed by atoms with E-state index in [0.29, 0.717) is 16.5 Å². The van der Waals surface area contributed by atoms with E-state index in [-0.39, 0.29) is 12.1 Å². The summed E-state index contributed by atoms with van der Waals surface area (Å²) in [6.07, 6.45) is 1.70. The molecule has 116 valence electrons. The number of fused-ring (bicyclic) bond motifs is 1. The van der Waals surface area contributed by atoms with Crippen molar-refractivity contribution >= 4 is 28.6 Å². The van der Waals surface area contributed by atoms with Crippen molar-refractivity contribution in [3.05, 3.63) is 45.6 Å². The Morgan fingerprint density at radius 3 is 2.68 bits per heavy atom. The lowest BCUT2D eigenvalue weighted by atomic mass is 9.96. The lowest BCUT2D eigenvalue weighted by Crippen LogP contribution is -2.13. The zero-order valence-electron chi connectivity index (χ0n) is 12.8. The van der Waals surface area contributed by atoms with Crippen molar-refractivity contribution in [1.82, 2.24) is 4.57 Å². The first-order chi connectivity index (χ1) is 10.3. The van der Waals surface area contributed by atoms with Gasteiger partial charge in [0.2, 0.25) is 0 Å². The molecule has 0 saturated carbocycles. The Labute approximate surface area is 127 Å². The lowest BCUT2D eigenvalue weighted by Gasteiger charge is -2.07. The SMILES string of the molecule is C=Cc1ccc2c(c(CC(C)C(=O)O)c(C)n2C)c1[N+](=O)[O-]. The molecule has 0 fully saturated rings. The van der Waals surface area contributed by atoms with Crippen LogP contribution in [-0.4, -0.2) is 20.6 Å². The van der Waals surface area contributed by atoms with Crippen LogP contribution in [0, 0.1) is 23.0 Å². The van der Waals surface area contributed by atoms with Crippen LogP contribution in [-0.2, 0) is 18.3 Å². The van der Waals surface area contributed by atoms with Gasteiger partial charge in [0.15, 0.2) is 0 Å². The van der Waals surface area contributed by atoms with Gasteiger partial charge in [0.1, 0.15) is 0 Å². The summed E-state index contributed by atoms with van der Waals surface area (Å²) in [5, 5.41) is 21.2. The smallest absolute Gasteiger partial charge is 0.306 e. The van der Waals surface area contributed by atoms with E-state index in [1.54, 1.807) is 19.1 Å². The number of benzene rings is 1. The minimum Gasteiger partial charge on any atom is -0.481 e. The van der Waals surface area contributed by atoms with Gasteiger partial charge in [0.25, 0.3) is 5.69 Å².